The van der Waals surface area contributed by atoms with Gasteiger partial charge in [-0.15, -0.1) is 0 Å². The van der Waals surface area contributed by atoms with Gasteiger partial charge in [0, 0.05) is 19.2 Å². The van der Waals surface area contributed by atoms with E-state index in [1.807, 2.05) is 0 Å². The molecule has 24 heavy (non-hydrogen) atoms. The van der Waals surface area contributed by atoms with Crippen LogP contribution >= 0.6 is 0 Å². The van der Waals surface area contributed by atoms with Crippen LogP contribution in [-0.2, 0) is 11.3 Å². The van der Waals surface area contributed by atoms with Crippen LogP contribution in [0.25, 0.3) is 0 Å². The Morgan fingerprint density at radius 1 is 1.38 bits per heavy atom. The number of benzene rings is 1. The lowest BCUT2D eigenvalue weighted by atomic mass is 10.0. The first-order valence-corrected chi connectivity index (χ1v) is 7.51. The molecule has 2 heterocycles. The number of nitrogens with zero attached hydrogens (tertiary/aromatic N) is 1. The lowest BCUT2D eigenvalue weighted by molar-refractivity contribution is 0.0674. The Kier molecular flexibility index (Phi) is 4.64. The highest BCUT2D eigenvalue weighted by atomic mass is 19.1. The van der Waals surface area contributed by atoms with E-state index in [0.717, 1.165) is 18.2 Å². The fraction of sp³-hybridized carbons (Fsp3) is 0.353. The Bertz CT molecular complexity index is 746. The van der Waals surface area contributed by atoms with Crippen molar-refractivity contribution in [3.63, 3.8) is 0 Å². The third-order valence-corrected chi connectivity index (χ3v) is 4.02. The predicted molar refractivity (Wildman–Crippen MR) is 80.2 cm³/mol. The number of carbonyl (C=O) groups is 1. The number of likely N-dealkylation sites (tertiary alicyclic amines) is 1. The zero-order chi connectivity index (χ0) is 17.3. The molecule has 1 aromatic carbocycles. The van der Waals surface area contributed by atoms with Gasteiger partial charge in [-0.3, -0.25) is 4.79 Å². The smallest absolute Gasteiger partial charge is 0.290 e. The first-order valence-electron chi connectivity index (χ1n) is 7.51. The first-order chi connectivity index (χ1) is 11.5. The fourth-order valence-corrected chi connectivity index (χ4v) is 2.96. The van der Waals surface area contributed by atoms with Gasteiger partial charge in [-0.1, -0.05) is 0 Å². The van der Waals surface area contributed by atoms with Gasteiger partial charge in [-0.25, -0.2) is 8.78 Å². The van der Waals surface area contributed by atoms with Crippen molar-refractivity contribution < 1.29 is 27.8 Å². The van der Waals surface area contributed by atoms with Crippen LogP contribution in [0.3, 0.4) is 0 Å². The highest BCUT2D eigenvalue weighted by molar-refractivity contribution is 5.92. The van der Waals surface area contributed by atoms with Gasteiger partial charge in [0.15, 0.2) is 5.76 Å². The largest absolute Gasteiger partial charge is 0.453 e. The van der Waals surface area contributed by atoms with Crippen molar-refractivity contribution >= 4 is 5.91 Å². The number of β-amino-alcohol motifs (C(OH)–C–C–N with tert-alkyl or cyclic N) is 1. The van der Waals surface area contributed by atoms with Crippen molar-refractivity contribution in [1.29, 1.82) is 0 Å². The number of hydrogen-bond acceptors (Lipinski definition) is 4. The molecule has 1 amide bonds. The second-order valence-corrected chi connectivity index (χ2v) is 5.73. The summed E-state index contributed by atoms with van der Waals surface area (Å²) in [6.45, 7) is 0.248. The van der Waals surface area contributed by atoms with Crippen LogP contribution in [0, 0.1) is 11.6 Å². The molecule has 7 heteroatoms. The maximum atomic E-state index is 14.1. The van der Waals surface area contributed by atoms with Crippen molar-refractivity contribution in [2.24, 2.45) is 0 Å². The van der Waals surface area contributed by atoms with Gasteiger partial charge < -0.3 is 19.2 Å². The van der Waals surface area contributed by atoms with Crippen LogP contribution < -0.4 is 0 Å². The SMILES string of the molecule is COCc1ccc(C(=O)N2CC(O)CC2c2cc(F)ccc2F)o1. The van der Waals surface area contributed by atoms with Gasteiger partial charge in [0.05, 0.1) is 12.1 Å². The van der Waals surface area contributed by atoms with E-state index in [1.165, 1.54) is 18.1 Å². The second-order valence-electron chi connectivity index (χ2n) is 5.73. The number of furan rings is 1. The average Bonchev–Trinajstić information content (AvgIpc) is 3.16. The van der Waals surface area contributed by atoms with E-state index in [9.17, 15) is 18.7 Å². The van der Waals surface area contributed by atoms with Crippen LogP contribution in [0.5, 0.6) is 0 Å². The second kappa shape index (κ2) is 6.70. The van der Waals surface area contributed by atoms with Crippen molar-refractivity contribution in [2.75, 3.05) is 13.7 Å². The summed E-state index contributed by atoms with van der Waals surface area (Å²) in [4.78, 5) is 14.0. The summed E-state index contributed by atoms with van der Waals surface area (Å²) >= 11 is 0. The van der Waals surface area contributed by atoms with E-state index in [2.05, 4.69) is 0 Å². The van der Waals surface area contributed by atoms with E-state index in [1.54, 1.807) is 6.07 Å². The molecule has 1 fully saturated rings. The minimum Gasteiger partial charge on any atom is -0.453 e. The maximum absolute atomic E-state index is 14.1. The summed E-state index contributed by atoms with van der Waals surface area (Å²) in [7, 11) is 1.50. The van der Waals surface area contributed by atoms with Gasteiger partial charge in [0.25, 0.3) is 5.91 Å². The molecule has 3 rings (SSSR count). The zero-order valence-electron chi connectivity index (χ0n) is 13.0. The molecular weight excluding hydrogens is 320 g/mol. The number of carbonyl (C=O) groups excluding carboxylic acids is 1. The summed E-state index contributed by atoms with van der Waals surface area (Å²) < 4.78 is 37.9. The lowest BCUT2D eigenvalue weighted by Gasteiger charge is -2.24. The minimum atomic E-state index is -0.810. The number of ether oxygens (including phenoxy) is 1. The Hall–Kier alpha value is -2.25. The highest BCUT2D eigenvalue weighted by Crippen LogP contribution is 2.35. The van der Waals surface area contributed by atoms with Crippen LogP contribution in [0.15, 0.2) is 34.7 Å². The standard InChI is InChI=1S/C17H17F2NO4/c1-23-9-12-3-5-16(24-12)17(22)20-8-11(21)7-15(20)13-6-10(18)2-4-14(13)19/h2-6,11,15,21H,7-9H2,1H3. The maximum Gasteiger partial charge on any atom is 0.290 e. The molecule has 1 aliphatic rings. The van der Waals surface area contributed by atoms with Gasteiger partial charge in [0.1, 0.15) is 24.0 Å². The third kappa shape index (κ3) is 3.18. The van der Waals surface area contributed by atoms with Crippen LogP contribution in [-0.4, -0.2) is 35.7 Å². The van der Waals surface area contributed by atoms with Gasteiger partial charge in [-0.05, 0) is 36.8 Å². The molecule has 1 saturated heterocycles. The van der Waals surface area contributed by atoms with E-state index >= 15 is 0 Å². The van der Waals surface area contributed by atoms with Gasteiger partial charge >= 0.3 is 0 Å². The molecule has 2 aromatic rings. The van der Waals surface area contributed by atoms with E-state index < -0.39 is 29.7 Å². The Labute approximate surface area is 137 Å². The summed E-state index contributed by atoms with van der Waals surface area (Å²) in [6.07, 6.45) is -0.674. The molecule has 128 valence electrons. The topological polar surface area (TPSA) is 62.9 Å². The third-order valence-electron chi connectivity index (χ3n) is 4.02. The molecule has 0 bridgehead atoms. The van der Waals surface area contributed by atoms with E-state index in [4.69, 9.17) is 9.15 Å². The fourth-order valence-electron chi connectivity index (χ4n) is 2.96. The van der Waals surface area contributed by atoms with Crippen molar-refractivity contribution in [1.82, 2.24) is 4.90 Å². The Balaban J connectivity index is 1.89. The molecule has 0 saturated carbocycles. The molecule has 0 radical (unpaired) electrons. The van der Waals surface area contributed by atoms with E-state index in [0.29, 0.717) is 5.76 Å². The van der Waals surface area contributed by atoms with Crippen LogP contribution in [0.1, 0.15) is 34.3 Å². The lowest BCUT2D eigenvalue weighted by Crippen LogP contribution is -2.32. The quantitative estimate of drug-likeness (QED) is 0.932. The molecule has 2 unspecified atom stereocenters. The normalized spacial score (nSPS) is 20.6. The van der Waals surface area contributed by atoms with Crippen molar-refractivity contribution in [3.05, 3.63) is 59.1 Å². The molecule has 1 N–H and O–H groups in total. The van der Waals surface area contributed by atoms with Crippen molar-refractivity contribution in [3.8, 4) is 0 Å². The van der Waals surface area contributed by atoms with Gasteiger partial charge in [0.2, 0.25) is 0 Å². The average molecular weight is 337 g/mol. The van der Waals surface area contributed by atoms with Crippen LogP contribution in [0.4, 0.5) is 8.78 Å². The Morgan fingerprint density at radius 3 is 2.92 bits per heavy atom. The summed E-state index contributed by atoms with van der Waals surface area (Å²) in [5.74, 6) is -1.15. The molecule has 5 nitrogen and oxygen atoms in total. The monoisotopic (exact) mass is 337 g/mol. The van der Waals surface area contributed by atoms with Crippen LogP contribution in [0.2, 0.25) is 0 Å². The number of amides is 1. The number of aliphatic hydroxyl groups is 1. The summed E-state index contributed by atoms with van der Waals surface area (Å²) in [6, 6.07) is 5.44. The molecule has 1 aromatic heterocycles. The predicted octanol–water partition coefficient (Wildman–Crippen LogP) is 2.65. The highest BCUT2D eigenvalue weighted by Gasteiger charge is 2.38. The van der Waals surface area contributed by atoms with E-state index in [-0.39, 0.29) is 30.9 Å². The number of aliphatic hydroxyl groups excluding tert-OH is 1. The molecule has 1 aliphatic heterocycles. The first kappa shape index (κ1) is 16.6. The van der Waals surface area contributed by atoms with Crippen molar-refractivity contribution in [2.45, 2.75) is 25.2 Å². The molecule has 0 aliphatic carbocycles. The summed E-state index contributed by atoms with van der Waals surface area (Å²) in [5.41, 5.74) is 0.0450. The molecule has 0 spiro atoms. The molecular formula is C17H17F2NO4. The number of hydrogen-bond donors (Lipinski definition) is 1. The number of halogens is 2. The molecule has 2 atom stereocenters. The zero-order valence-corrected chi connectivity index (χ0v) is 13.0. The minimum absolute atomic E-state index is 0.0275. The number of methoxy groups -OCH3 is 1. The number of rotatable bonds is 4. The Morgan fingerprint density at radius 2 is 2.17 bits per heavy atom. The summed E-state index contributed by atoms with van der Waals surface area (Å²) in [5, 5.41) is 9.92. The van der Waals surface area contributed by atoms with Gasteiger partial charge in [-0.2, -0.15) is 0 Å².